The summed E-state index contributed by atoms with van der Waals surface area (Å²) in [6.07, 6.45) is 0. The van der Waals surface area contributed by atoms with Crippen molar-refractivity contribution >= 4 is 33.2 Å². The van der Waals surface area contributed by atoms with E-state index in [2.05, 4.69) is 10.3 Å². The molecule has 2 rings (SSSR count). The number of nitrogens with zero attached hydrogens (tertiary/aromatic N) is 2. The molecule has 0 radical (unpaired) electrons. The van der Waals surface area contributed by atoms with Crippen LogP contribution in [0.15, 0.2) is 34.5 Å². The van der Waals surface area contributed by atoms with E-state index in [0.29, 0.717) is 10.6 Å². The zero-order valence-corrected chi connectivity index (χ0v) is 16.1. The number of carboxylic acid groups (broad SMARTS) is 1. The molecule has 0 bridgehead atoms. The molecular weight excluding hydrogens is 378 g/mol. The number of sulfonamides is 1. The van der Waals surface area contributed by atoms with E-state index in [1.165, 1.54) is 41.0 Å². The Hall–Kier alpha value is -2.30. The number of thiazole rings is 1. The van der Waals surface area contributed by atoms with Crippen LogP contribution in [0.2, 0.25) is 0 Å². The zero-order valence-electron chi connectivity index (χ0n) is 14.5. The molecular formula is C16H19N3O5S2. The Balaban J connectivity index is 2.05. The van der Waals surface area contributed by atoms with Crippen LogP contribution in [0.3, 0.4) is 0 Å². The molecule has 0 aliphatic rings. The molecule has 26 heavy (non-hydrogen) atoms. The SMILES string of the molecule is CC(C)N(C)S(=O)(=O)c1ccc(C(=O)NCc2nc(C(=O)O)cs2)cc1. The largest absolute Gasteiger partial charge is 0.476 e. The van der Waals surface area contributed by atoms with Gasteiger partial charge >= 0.3 is 5.97 Å². The number of carboxylic acids is 1. The lowest BCUT2D eigenvalue weighted by Crippen LogP contribution is -2.33. The van der Waals surface area contributed by atoms with Gasteiger partial charge in [0.25, 0.3) is 5.91 Å². The third-order valence-electron chi connectivity index (χ3n) is 3.69. The molecule has 0 saturated heterocycles. The summed E-state index contributed by atoms with van der Waals surface area (Å²) in [6.45, 7) is 3.63. The predicted molar refractivity (Wildman–Crippen MR) is 96.8 cm³/mol. The zero-order chi connectivity index (χ0) is 19.5. The lowest BCUT2D eigenvalue weighted by molar-refractivity contribution is 0.0691. The van der Waals surface area contributed by atoms with Crippen LogP contribution in [0, 0.1) is 0 Å². The Labute approximate surface area is 155 Å². The van der Waals surface area contributed by atoms with Gasteiger partial charge in [-0.1, -0.05) is 0 Å². The Kier molecular flexibility index (Phi) is 6.11. The molecule has 10 heteroatoms. The summed E-state index contributed by atoms with van der Waals surface area (Å²) < 4.78 is 26.0. The molecule has 0 atom stereocenters. The molecule has 0 spiro atoms. The molecule has 140 valence electrons. The van der Waals surface area contributed by atoms with Crippen LogP contribution in [0.25, 0.3) is 0 Å². The van der Waals surface area contributed by atoms with E-state index in [4.69, 9.17) is 5.11 Å². The highest BCUT2D eigenvalue weighted by atomic mass is 32.2. The normalized spacial score (nSPS) is 11.7. The van der Waals surface area contributed by atoms with E-state index in [1.54, 1.807) is 13.8 Å². The fraction of sp³-hybridized carbons (Fsp3) is 0.312. The van der Waals surface area contributed by atoms with Gasteiger partial charge in [-0.3, -0.25) is 4.79 Å². The maximum atomic E-state index is 12.4. The van der Waals surface area contributed by atoms with Gasteiger partial charge in [-0.05, 0) is 38.1 Å². The summed E-state index contributed by atoms with van der Waals surface area (Å²) in [7, 11) is -2.10. The van der Waals surface area contributed by atoms with Gasteiger partial charge in [0.2, 0.25) is 10.0 Å². The Morgan fingerprint density at radius 1 is 1.27 bits per heavy atom. The maximum absolute atomic E-state index is 12.4. The van der Waals surface area contributed by atoms with Crippen molar-refractivity contribution in [2.24, 2.45) is 0 Å². The minimum atomic E-state index is -3.60. The summed E-state index contributed by atoms with van der Waals surface area (Å²) in [4.78, 5) is 26.9. The van der Waals surface area contributed by atoms with E-state index in [9.17, 15) is 18.0 Å². The van der Waals surface area contributed by atoms with Gasteiger partial charge in [-0.25, -0.2) is 18.2 Å². The average molecular weight is 397 g/mol. The smallest absolute Gasteiger partial charge is 0.355 e. The van der Waals surface area contributed by atoms with Gasteiger partial charge in [0.1, 0.15) is 5.01 Å². The van der Waals surface area contributed by atoms with Crippen molar-refractivity contribution in [1.82, 2.24) is 14.6 Å². The fourth-order valence-corrected chi connectivity index (χ4v) is 4.05. The molecule has 0 aliphatic carbocycles. The number of carbonyl (C=O) groups excluding carboxylic acids is 1. The van der Waals surface area contributed by atoms with Crippen molar-refractivity contribution in [2.45, 2.75) is 31.3 Å². The fourth-order valence-electron chi connectivity index (χ4n) is 1.97. The second-order valence-electron chi connectivity index (χ2n) is 5.75. The minimum absolute atomic E-state index is 0.0666. The summed E-state index contributed by atoms with van der Waals surface area (Å²) in [5.74, 6) is -1.53. The number of benzene rings is 1. The number of carbonyl (C=O) groups is 2. The van der Waals surface area contributed by atoms with Gasteiger partial charge in [0, 0.05) is 24.0 Å². The summed E-state index contributed by atoms with van der Waals surface area (Å²) in [5.41, 5.74) is 0.231. The second kappa shape index (κ2) is 7.94. The molecule has 0 saturated carbocycles. The molecule has 1 aromatic heterocycles. The molecule has 8 nitrogen and oxygen atoms in total. The highest BCUT2D eigenvalue weighted by Crippen LogP contribution is 2.17. The first-order chi connectivity index (χ1) is 12.1. The first kappa shape index (κ1) is 20.0. The highest BCUT2D eigenvalue weighted by molar-refractivity contribution is 7.89. The lowest BCUT2D eigenvalue weighted by Gasteiger charge is -2.21. The van der Waals surface area contributed by atoms with Crippen LogP contribution in [-0.2, 0) is 16.6 Å². The molecule has 2 N–H and O–H groups in total. The van der Waals surface area contributed by atoms with Crippen molar-refractivity contribution < 1.29 is 23.1 Å². The van der Waals surface area contributed by atoms with Crippen LogP contribution in [0.4, 0.5) is 0 Å². The first-order valence-corrected chi connectivity index (χ1v) is 9.99. The minimum Gasteiger partial charge on any atom is -0.476 e. The summed E-state index contributed by atoms with van der Waals surface area (Å²) in [5, 5.41) is 13.3. The molecule has 0 aliphatic heterocycles. The van der Waals surface area contributed by atoms with Crippen molar-refractivity contribution in [3.05, 3.63) is 45.9 Å². The number of aromatic carboxylic acids is 1. The molecule has 1 heterocycles. The Morgan fingerprint density at radius 3 is 2.38 bits per heavy atom. The monoisotopic (exact) mass is 397 g/mol. The van der Waals surface area contributed by atoms with Gasteiger partial charge in [0.15, 0.2) is 5.69 Å². The Bertz CT molecular complexity index is 904. The lowest BCUT2D eigenvalue weighted by atomic mass is 10.2. The van der Waals surface area contributed by atoms with Crippen molar-refractivity contribution in [3.63, 3.8) is 0 Å². The molecule has 0 fully saturated rings. The van der Waals surface area contributed by atoms with Crippen LogP contribution < -0.4 is 5.32 Å². The highest BCUT2D eigenvalue weighted by Gasteiger charge is 2.23. The number of hydrogen-bond donors (Lipinski definition) is 2. The molecule has 2 aromatic rings. The van der Waals surface area contributed by atoms with Gasteiger partial charge in [-0.2, -0.15) is 4.31 Å². The van der Waals surface area contributed by atoms with Gasteiger partial charge < -0.3 is 10.4 Å². The number of hydrogen-bond acceptors (Lipinski definition) is 6. The molecule has 1 aromatic carbocycles. The van der Waals surface area contributed by atoms with E-state index >= 15 is 0 Å². The number of amides is 1. The second-order valence-corrected chi connectivity index (χ2v) is 8.69. The maximum Gasteiger partial charge on any atom is 0.355 e. The van der Waals surface area contributed by atoms with E-state index < -0.39 is 21.9 Å². The first-order valence-electron chi connectivity index (χ1n) is 7.67. The quantitative estimate of drug-likeness (QED) is 0.736. The average Bonchev–Trinajstić information content (AvgIpc) is 3.08. The van der Waals surface area contributed by atoms with Crippen LogP contribution in [0.5, 0.6) is 0 Å². The third kappa shape index (κ3) is 4.45. The Morgan fingerprint density at radius 2 is 1.88 bits per heavy atom. The number of aromatic nitrogens is 1. The van der Waals surface area contributed by atoms with E-state index in [0.717, 1.165) is 11.3 Å². The summed E-state index contributed by atoms with van der Waals surface area (Å²) in [6, 6.07) is 5.45. The van der Waals surface area contributed by atoms with Crippen molar-refractivity contribution in [2.75, 3.05) is 7.05 Å². The topological polar surface area (TPSA) is 117 Å². The third-order valence-corrected chi connectivity index (χ3v) is 6.59. The van der Waals surface area contributed by atoms with Gasteiger partial charge in [-0.15, -0.1) is 11.3 Å². The molecule has 0 unspecified atom stereocenters. The molecule has 1 amide bonds. The van der Waals surface area contributed by atoms with E-state index in [1.807, 2.05) is 0 Å². The van der Waals surface area contributed by atoms with Crippen LogP contribution >= 0.6 is 11.3 Å². The standard InChI is InChI=1S/C16H19N3O5S2/c1-10(2)19(3)26(23,24)12-6-4-11(5-7-12)15(20)17-8-14-18-13(9-25-14)16(21)22/h4-7,9-10H,8H2,1-3H3,(H,17,20)(H,21,22). The number of nitrogens with one attached hydrogen (secondary N) is 1. The van der Waals surface area contributed by atoms with Gasteiger partial charge in [0.05, 0.1) is 11.4 Å². The van der Waals surface area contributed by atoms with Crippen LogP contribution in [0.1, 0.15) is 39.7 Å². The van der Waals surface area contributed by atoms with E-state index in [-0.39, 0.29) is 23.2 Å². The predicted octanol–water partition coefficient (Wildman–Crippen LogP) is 1.80. The van der Waals surface area contributed by atoms with Crippen LogP contribution in [-0.4, -0.2) is 47.8 Å². The summed E-state index contributed by atoms with van der Waals surface area (Å²) >= 11 is 1.14. The van der Waals surface area contributed by atoms with Crippen molar-refractivity contribution in [1.29, 1.82) is 0 Å². The number of rotatable bonds is 7. The van der Waals surface area contributed by atoms with Crippen molar-refractivity contribution in [3.8, 4) is 0 Å².